The van der Waals surface area contributed by atoms with Gasteiger partial charge in [-0.3, -0.25) is 14.2 Å². The fraction of sp³-hybridized carbons (Fsp3) is 0.406. The monoisotopic (exact) mass is 590 g/mol. The maximum Gasteiger partial charge on any atom is 0.286 e. The second-order valence-electron chi connectivity index (χ2n) is 10.3. The molecule has 0 fully saturated rings. The summed E-state index contributed by atoms with van der Waals surface area (Å²) in [5, 5.41) is 12.7. The Bertz CT molecular complexity index is 1540. The zero-order valence-electron chi connectivity index (χ0n) is 24.5. The van der Waals surface area contributed by atoms with Crippen LogP contribution in [0, 0.1) is 5.92 Å². The highest BCUT2D eigenvalue weighted by molar-refractivity contribution is 5.95. The standard InChI is InChI=1S/C32H38N4O7/c1-3-42-32-23(12-14-40-16-17-41-15-13-37)24(25-20-36(21(2)38)28-11-7-4-8-22(25)28)18-29(43-32)31(39)33-19-30-34-26-9-5-6-10-27(26)35-30/h4-11,18,20,23-24,32,37H,3,12-17,19H2,1-2H3,(H,33,39)(H,34,35)/t23-,24-,32+/m1/s1. The number of aromatic nitrogens is 3. The molecule has 1 aliphatic rings. The van der Waals surface area contributed by atoms with Crippen molar-refractivity contribution >= 4 is 33.8 Å². The number of carbonyl (C=O) groups excluding carboxylic acids is 2. The summed E-state index contributed by atoms with van der Waals surface area (Å²) in [6.45, 7) is 5.37. The first-order valence-corrected chi connectivity index (χ1v) is 14.6. The molecule has 0 spiro atoms. The van der Waals surface area contributed by atoms with Gasteiger partial charge in [-0.1, -0.05) is 30.3 Å². The van der Waals surface area contributed by atoms with Gasteiger partial charge in [0, 0.05) is 43.6 Å². The second kappa shape index (κ2) is 14.4. The molecule has 0 saturated carbocycles. The minimum Gasteiger partial charge on any atom is -0.459 e. The number of nitrogens with one attached hydrogen (secondary N) is 2. The average molecular weight is 591 g/mol. The van der Waals surface area contributed by atoms with E-state index in [0.29, 0.717) is 38.7 Å². The molecule has 0 radical (unpaired) electrons. The molecular weight excluding hydrogens is 552 g/mol. The highest BCUT2D eigenvalue weighted by Gasteiger charge is 2.39. The third-order valence-electron chi connectivity index (χ3n) is 7.44. The Morgan fingerprint density at radius 3 is 2.60 bits per heavy atom. The van der Waals surface area contributed by atoms with Crippen molar-refractivity contribution in [1.82, 2.24) is 19.9 Å². The zero-order chi connectivity index (χ0) is 30.2. The Labute approximate surface area is 249 Å². The van der Waals surface area contributed by atoms with Crippen LogP contribution in [0.25, 0.3) is 21.9 Å². The fourth-order valence-electron chi connectivity index (χ4n) is 5.47. The maximum atomic E-state index is 13.5. The van der Waals surface area contributed by atoms with Crippen LogP contribution in [0.2, 0.25) is 0 Å². The molecule has 1 aliphatic heterocycles. The molecule has 11 heteroatoms. The Morgan fingerprint density at radius 1 is 1.07 bits per heavy atom. The molecule has 5 rings (SSSR count). The minimum atomic E-state index is -0.722. The third-order valence-corrected chi connectivity index (χ3v) is 7.44. The summed E-state index contributed by atoms with van der Waals surface area (Å²) >= 11 is 0. The van der Waals surface area contributed by atoms with E-state index in [9.17, 15) is 9.59 Å². The van der Waals surface area contributed by atoms with Crippen molar-refractivity contribution in [3.8, 4) is 0 Å². The number of hydrogen-bond acceptors (Lipinski definition) is 8. The van der Waals surface area contributed by atoms with Crippen LogP contribution in [-0.2, 0) is 30.3 Å². The number of carbonyl (C=O) groups is 2. The Kier molecular flexibility index (Phi) is 10.2. The summed E-state index contributed by atoms with van der Waals surface area (Å²) in [6, 6.07) is 15.4. The van der Waals surface area contributed by atoms with Gasteiger partial charge in [0.1, 0.15) is 5.82 Å². The topological polar surface area (TPSA) is 137 Å². The number of H-pyrrole nitrogens is 1. The molecule has 2 aromatic carbocycles. The SMILES string of the molecule is CCO[C@H]1OC(C(=O)NCc2nc3ccccc3[nH]2)=C[C@@H](c2cn(C(C)=O)c3ccccc23)[C@H]1CCOCCOCCO. The number of imidazole rings is 1. The number of fused-ring (bicyclic) bond motifs is 2. The maximum absolute atomic E-state index is 13.5. The quantitative estimate of drug-likeness (QED) is 0.188. The first kappa shape index (κ1) is 30.4. The van der Waals surface area contributed by atoms with Gasteiger partial charge in [0.2, 0.25) is 12.2 Å². The summed E-state index contributed by atoms with van der Waals surface area (Å²) in [6.07, 6.45) is 3.52. The normalized spacial score (nSPS) is 18.5. The molecule has 0 aliphatic carbocycles. The van der Waals surface area contributed by atoms with Crippen LogP contribution in [0.5, 0.6) is 0 Å². The predicted molar refractivity (Wildman–Crippen MR) is 160 cm³/mol. The third kappa shape index (κ3) is 7.14. The van der Waals surface area contributed by atoms with Gasteiger partial charge in [-0.15, -0.1) is 0 Å². The minimum absolute atomic E-state index is 0.0362. The van der Waals surface area contributed by atoms with E-state index in [4.69, 9.17) is 24.1 Å². The lowest BCUT2D eigenvalue weighted by atomic mass is 9.81. The number of aliphatic hydroxyl groups excluding tert-OH is 1. The van der Waals surface area contributed by atoms with Gasteiger partial charge in [-0.25, -0.2) is 4.98 Å². The number of ether oxygens (including phenoxy) is 4. The number of allylic oxidation sites excluding steroid dienone is 1. The molecule has 11 nitrogen and oxygen atoms in total. The molecule has 43 heavy (non-hydrogen) atoms. The summed E-state index contributed by atoms with van der Waals surface area (Å²) in [5.74, 6) is -0.235. The van der Waals surface area contributed by atoms with Crippen LogP contribution in [0.15, 0.2) is 66.6 Å². The predicted octanol–water partition coefficient (Wildman–Crippen LogP) is 3.89. The zero-order valence-corrected chi connectivity index (χ0v) is 24.5. The lowest BCUT2D eigenvalue weighted by Gasteiger charge is -2.36. The van der Waals surface area contributed by atoms with E-state index in [-0.39, 0.29) is 49.2 Å². The van der Waals surface area contributed by atoms with E-state index in [1.165, 1.54) is 6.92 Å². The van der Waals surface area contributed by atoms with Crippen molar-refractivity contribution < 1.29 is 33.6 Å². The molecule has 2 aromatic heterocycles. The highest BCUT2D eigenvalue weighted by Crippen LogP contribution is 2.42. The van der Waals surface area contributed by atoms with Crippen LogP contribution >= 0.6 is 0 Å². The van der Waals surface area contributed by atoms with Crippen molar-refractivity contribution in [2.45, 2.75) is 39.0 Å². The number of hydrogen-bond donors (Lipinski definition) is 3. The molecule has 3 atom stereocenters. The van der Waals surface area contributed by atoms with Crippen LogP contribution < -0.4 is 5.32 Å². The number of aromatic amines is 1. The number of aliphatic hydroxyl groups is 1. The van der Waals surface area contributed by atoms with Gasteiger partial charge >= 0.3 is 0 Å². The lowest BCUT2D eigenvalue weighted by Crippen LogP contribution is -2.39. The van der Waals surface area contributed by atoms with Crippen molar-refractivity contribution in [2.75, 3.05) is 39.6 Å². The fourth-order valence-corrected chi connectivity index (χ4v) is 5.47. The van der Waals surface area contributed by atoms with E-state index < -0.39 is 6.29 Å². The van der Waals surface area contributed by atoms with E-state index in [0.717, 1.165) is 27.5 Å². The second-order valence-corrected chi connectivity index (χ2v) is 10.3. The van der Waals surface area contributed by atoms with Gasteiger partial charge in [-0.05, 0) is 43.2 Å². The van der Waals surface area contributed by atoms with Gasteiger partial charge in [0.25, 0.3) is 5.91 Å². The van der Waals surface area contributed by atoms with E-state index in [1.807, 2.05) is 67.7 Å². The Morgan fingerprint density at radius 2 is 1.84 bits per heavy atom. The number of rotatable bonds is 14. The van der Waals surface area contributed by atoms with Crippen LogP contribution in [0.4, 0.5) is 0 Å². The number of nitrogens with zero attached hydrogens (tertiary/aromatic N) is 2. The molecule has 0 bridgehead atoms. The molecule has 3 heterocycles. The van der Waals surface area contributed by atoms with Gasteiger partial charge in [-0.2, -0.15) is 0 Å². The van der Waals surface area contributed by atoms with Crippen molar-refractivity contribution in [1.29, 1.82) is 0 Å². The van der Waals surface area contributed by atoms with E-state index in [1.54, 1.807) is 4.57 Å². The largest absolute Gasteiger partial charge is 0.459 e. The summed E-state index contributed by atoms with van der Waals surface area (Å²) in [4.78, 5) is 33.8. The first-order chi connectivity index (χ1) is 21.0. The van der Waals surface area contributed by atoms with Gasteiger partial charge < -0.3 is 34.4 Å². The van der Waals surface area contributed by atoms with Crippen molar-refractivity contribution in [2.24, 2.45) is 5.92 Å². The first-order valence-electron chi connectivity index (χ1n) is 14.6. The van der Waals surface area contributed by atoms with Gasteiger partial charge in [0.15, 0.2) is 5.76 Å². The summed E-state index contributed by atoms with van der Waals surface area (Å²) < 4.78 is 25.0. The average Bonchev–Trinajstić information content (AvgIpc) is 3.61. The van der Waals surface area contributed by atoms with Gasteiger partial charge in [0.05, 0.1) is 49.5 Å². The molecule has 4 aromatic rings. The van der Waals surface area contributed by atoms with Crippen LogP contribution in [0.1, 0.15) is 42.4 Å². The highest BCUT2D eigenvalue weighted by atomic mass is 16.7. The molecule has 1 amide bonds. The molecule has 0 saturated heterocycles. The lowest BCUT2D eigenvalue weighted by molar-refractivity contribution is -0.168. The van der Waals surface area contributed by atoms with E-state index in [2.05, 4.69) is 15.3 Å². The van der Waals surface area contributed by atoms with Crippen molar-refractivity contribution in [3.63, 3.8) is 0 Å². The van der Waals surface area contributed by atoms with Crippen molar-refractivity contribution in [3.05, 3.63) is 78.0 Å². The van der Waals surface area contributed by atoms with E-state index >= 15 is 0 Å². The molecule has 3 N–H and O–H groups in total. The Hall–Kier alpha value is -4.03. The molecule has 228 valence electrons. The Balaban J connectivity index is 1.42. The number of amides is 1. The summed E-state index contributed by atoms with van der Waals surface area (Å²) in [5.41, 5.74) is 3.41. The van der Waals surface area contributed by atoms with Crippen LogP contribution in [0.3, 0.4) is 0 Å². The number of para-hydroxylation sites is 3. The smallest absolute Gasteiger partial charge is 0.286 e. The summed E-state index contributed by atoms with van der Waals surface area (Å²) in [7, 11) is 0. The number of benzene rings is 2. The molecule has 0 unspecified atom stereocenters. The van der Waals surface area contributed by atoms with Crippen LogP contribution in [-0.4, -0.2) is 77.4 Å². The molecular formula is C32H38N4O7.